The van der Waals surface area contributed by atoms with Crippen LogP contribution in [0.2, 0.25) is 10.3 Å². The quantitative estimate of drug-likeness (QED) is 0.811. The highest BCUT2D eigenvalue weighted by Crippen LogP contribution is 2.24. The van der Waals surface area contributed by atoms with Crippen LogP contribution in [0.3, 0.4) is 0 Å². The average Bonchev–Trinajstić information content (AvgIpc) is 2.25. The van der Waals surface area contributed by atoms with Gasteiger partial charge in [0, 0.05) is 12.1 Å². The molecular formula is C10H11Cl2N3. The lowest BCUT2D eigenvalue weighted by Gasteiger charge is -2.20. The average molecular weight is 244 g/mol. The molecule has 2 rings (SSSR count). The summed E-state index contributed by atoms with van der Waals surface area (Å²) in [6.45, 7) is 0. The fourth-order valence-electron chi connectivity index (χ4n) is 1.60. The van der Waals surface area contributed by atoms with Gasteiger partial charge in [-0.2, -0.15) is 0 Å². The summed E-state index contributed by atoms with van der Waals surface area (Å²) < 4.78 is 0. The smallest absolute Gasteiger partial charge is 0.174 e. The van der Waals surface area contributed by atoms with Crippen LogP contribution in [-0.4, -0.2) is 16.2 Å². The summed E-state index contributed by atoms with van der Waals surface area (Å²) in [6, 6.07) is 2.11. The number of hydrogen-bond donors (Lipinski definition) is 1. The number of nitrogens with one attached hydrogen (secondary N) is 1. The van der Waals surface area contributed by atoms with Crippen molar-refractivity contribution in [2.24, 2.45) is 0 Å². The molecule has 1 aliphatic rings. The van der Waals surface area contributed by atoms with E-state index in [9.17, 15) is 0 Å². The zero-order chi connectivity index (χ0) is 10.7. The van der Waals surface area contributed by atoms with Crippen molar-refractivity contribution in [2.75, 3.05) is 5.32 Å². The van der Waals surface area contributed by atoms with E-state index in [2.05, 4.69) is 27.7 Å². The molecular weight excluding hydrogens is 233 g/mol. The Morgan fingerprint density at radius 3 is 2.87 bits per heavy atom. The largest absolute Gasteiger partial charge is 0.379 e. The van der Waals surface area contributed by atoms with Gasteiger partial charge in [0.1, 0.15) is 0 Å². The van der Waals surface area contributed by atoms with Crippen LogP contribution in [0.4, 0.5) is 5.69 Å². The predicted octanol–water partition coefficient (Wildman–Crippen LogP) is 3.30. The number of allylic oxidation sites excluding steroid dienone is 1. The van der Waals surface area contributed by atoms with E-state index >= 15 is 0 Å². The molecule has 1 aliphatic carbocycles. The molecule has 0 saturated heterocycles. The third-order valence-electron chi connectivity index (χ3n) is 2.35. The van der Waals surface area contributed by atoms with Crippen LogP contribution < -0.4 is 5.32 Å². The number of anilines is 1. The van der Waals surface area contributed by atoms with Crippen LogP contribution in [0.15, 0.2) is 18.2 Å². The second-order valence-corrected chi connectivity index (χ2v) is 4.24. The molecule has 5 heteroatoms. The Kier molecular flexibility index (Phi) is 3.44. The van der Waals surface area contributed by atoms with Crippen molar-refractivity contribution in [3.05, 3.63) is 28.5 Å². The molecule has 0 amide bonds. The van der Waals surface area contributed by atoms with Crippen LogP contribution >= 0.6 is 23.2 Å². The first kappa shape index (κ1) is 10.7. The van der Waals surface area contributed by atoms with Crippen LogP contribution in [0.5, 0.6) is 0 Å². The zero-order valence-electron chi connectivity index (χ0n) is 8.08. The summed E-state index contributed by atoms with van der Waals surface area (Å²) in [5.74, 6) is 0. The Labute approximate surface area is 98.5 Å². The maximum atomic E-state index is 5.90. The third kappa shape index (κ3) is 2.83. The van der Waals surface area contributed by atoms with Gasteiger partial charge >= 0.3 is 0 Å². The van der Waals surface area contributed by atoms with Crippen molar-refractivity contribution in [1.82, 2.24) is 10.2 Å². The minimum Gasteiger partial charge on any atom is -0.379 e. The Morgan fingerprint density at radius 2 is 2.13 bits per heavy atom. The van der Waals surface area contributed by atoms with Crippen LogP contribution in [0, 0.1) is 0 Å². The Hall–Kier alpha value is -0.800. The van der Waals surface area contributed by atoms with Crippen molar-refractivity contribution >= 4 is 28.9 Å². The van der Waals surface area contributed by atoms with Crippen LogP contribution in [0.25, 0.3) is 0 Å². The third-order valence-corrected chi connectivity index (χ3v) is 2.81. The van der Waals surface area contributed by atoms with Crippen molar-refractivity contribution in [3.63, 3.8) is 0 Å². The van der Waals surface area contributed by atoms with Gasteiger partial charge in [-0.1, -0.05) is 35.4 Å². The van der Waals surface area contributed by atoms with Crippen molar-refractivity contribution in [2.45, 2.75) is 25.3 Å². The Balaban J connectivity index is 2.09. The van der Waals surface area contributed by atoms with Gasteiger partial charge in [0.15, 0.2) is 10.3 Å². The molecule has 1 unspecified atom stereocenters. The second-order valence-electron chi connectivity index (χ2n) is 3.50. The molecule has 1 N–H and O–H groups in total. The molecule has 0 bridgehead atoms. The Bertz CT molecular complexity index is 379. The predicted molar refractivity (Wildman–Crippen MR) is 62.5 cm³/mol. The van der Waals surface area contributed by atoms with E-state index in [1.807, 2.05) is 0 Å². The molecule has 1 aromatic heterocycles. The van der Waals surface area contributed by atoms with E-state index in [4.69, 9.17) is 23.2 Å². The fourth-order valence-corrected chi connectivity index (χ4v) is 1.89. The number of nitrogens with zero attached hydrogens (tertiary/aromatic N) is 2. The van der Waals surface area contributed by atoms with Crippen molar-refractivity contribution in [3.8, 4) is 0 Å². The van der Waals surface area contributed by atoms with E-state index in [-0.39, 0.29) is 0 Å². The van der Waals surface area contributed by atoms with Crippen molar-refractivity contribution in [1.29, 1.82) is 0 Å². The SMILES string of the molecule is Clc1cc(NC2CC=CCC2)c(Cl)nn1. The van der Waals surface area contributed by atoms with E-state index in [0.29, 0.717) is 16.3 Å². The lowest BCUT2D eigenvalue weighted by Crippen LogP contribution is -2.20. The molecule has 1 atom stereocenters. The molecule has 1 aromatic rings. The number of hydrogen-bond acceptors (Lipinski definition) is 3. The molecule has 0 saturated carbocycles. The van der Waals surface area contributed by atoms with Gasteiger partial charge < -0.3 is 5.32 Å². The summed E-state index contributed by atoms with van der Waals surface area (Å²) >= 11 is 11.7. The standard InChI is InChI=1S/C10H11Cl2N3/c11-9-6-8(10(12)15-14-9)13-7-4-2-1-3-5-7/h1-2,6-7H,3-5H2,(H,13,14). The van der Waals surface area contributed by atoms with Gasteiger partial charge in [0.2, 0.25) is 0 Å². The number of aromatic nitrogens is 2. The minimum atomic E-state index is 0.355. The van der Waals surface area contributed by atoms with Gasteiger partial charge in [-0.3, -0.25) is 0 Å². The van der Waals surface area contributed by atoms with Gasteiger partial charge in [-0.05, 0) is 19.3 Å². The minimum absolute atomic E-state index is 0.355. The summed E-state index contributed by atoms with van der Waals surface area (Å²) in [5, 5.41) is 11.5. The first-order valence-corrected chi connectivity index (χ1v) is 5.61. The first-order valence-electron chi connectivity index (χ1n) is 4.86. The summed E-state index contributed by atoms with van der Waals surface area (Å²) in [7, 11) is 0. The highest BCUT2D eigenvalue weighted by Gasteiger charge is 2.12. The first-order chi connectivity index (χ1) is 7.25. The normalized spacial score (nSPS) is 20.3. The van der Waals surface area contributed by atoms with Crippen LogP contribution in [0.1, 0.15) is 19.3 Å². The molecule has 0 radical (unpaired) electrons. The molecule has 0 aliphatic heterocycles. The lowest BCUT2D eigenvalue weighted by molar-refractivity contribution is 0.644. The zero-order valence-corrected chi connectivity index (χ0v) is 9.59. The maximum absolute atomic E-state index is 5.90. The second kappa shape index (κ2) is 4.81. The molecule has 80 valence electrons. The van der Waals surface area contributed by atoms with Gasteiger partial charge in [0.25, 0.3) is 0 Å². The van der Waals surface area contributed by atoms with E-state index in [1.165, 1.54) is 0 Å². The summed E-state index contributed by atoms with van der Waals surface area (Å²) in [5.41, 5.74) is 0.761. The maximum Gasteiger partial charge on any atom is 0.174 e. The lowest BCUT2D eigenvalue weighted by atomic mass is 10.0. The van der Waals surface area contributed by atoms with Gasteiger partial charge in [0.05, 0.1) is 5.69 Å². The van der Waals surface area contributed by atoms with Crippen molar-refractivity contribution < 1.29 is 0 Å². The monoisotopic (exact) mass is 243 g/mol. The topological polar surface area (TPSA) is 37.8 Å². The molecule has 1 heterocycles. The summed E-state index contributed by atoms with van der Waals surface area (Å²) in [6.07, 6.45) is 7.58. The fraction of sp³-hybridized carbons (Fsp3) is 0.400. The highest BCUT2D eigenvalue weighted by atomic mass is 35.5. The Morgan fingerprint density at radius 1 is 1.27 bits per heavy atom. The highest BCUT2D eigenvalue weighted by molar-refractivity contribution is 6.33. The van der Waals surface area contributed by atoms with Crippen LogP contribution in [-0.2, 0) is 0 Å². The molecule has 0 spiro atoms. The van der Waals surface area contributed by atoms with E-state index in [0.717, 1.165) is 24.9 Å². The molecule has 0 aromatic carbocycles. The molecule has 15 heavy (non-hydrogen) atoms. The number of halogens is 2. The van der Waals surface area contributed by atoms with E-state index < -0.39 is 0 Å². The summed E-state index contributed by atoms with van der Waals surface area (Å²) in [4.78, 5) is 0. The van der Waals surface area contributed by atoms with Gasteiger partial charge in [-0.15, -0.1) is 10.2 Å². The molecule has 3 nitrogen and oxygen atoms in total. The van der Waals surface area contributed by atoms with Gasteiger partial charge in [-0.25, -0.2) is 0 Å². The molecule has 0 fully saturated rings. The number of rotatable bonds is 2. The van der Waals surface area contributed by atoms with E-state index in [1.54, 1.807) is 6.07 Å².